The zero-order valence-electron chi connectivity index (χ0n) is 41.8. The van der Waals surface area contributed by atoms with Gasteiger partial charge in [-0.05, 0) is 49.1 Å². The number of phenols is 2. The van der Waals surface area contributed by atoms with Crippen LogP contribution in [0.2, 0.25) is 0 Å². The molecule has 404 valence electrons. The second kappa shape index (κ2) is 22.5. The number of hydrogen-bond acceptors (Lipinski definition) is 22. The van der Waals surface area contributed by atoms with Gasteiger partial charge in [-0.25, -0.2) is 24.5 Å². The number of pyridine rings is 1. The molecule has 8 N–H and O–H groups in total. The summed E-state index contributed by atoms with van der Waals surface area (Å²) in [6, 6.07) is 14.3. The first kappa shape index (κ1) is 53.3. The van der Waals surface area contributed by atoms with Gasteiger partial charge >= 0.3 is 12.2 Å². The predicted octanol–water partition coefficient (Wildman–Crippen LogP) is 5.16. The lowest BCUT2D eigenvalue weighted by Crippen LogP contribution is -2.50. The molecule has 4 aliphatic rings. The number of Topliss-reactive ketones (excluding diaryl/α,β-unsaturated/α-hetero) is 1. The molecule has 4 heterocycles. The summed E-state index contributed by atoms with van der Waals surface area (Å²) in [4.78, 5) is 83.7. The van der Waals surface area contributed by atoms with E-state index in [1.807, 2.05) is 18.2 Å². The molecule has 3 aromatic carbocycles. The summed E-state index contributed by atoms with van der Waals surface area (Å²) in [7, 11) is 4.17. The number of morpholine rings is 1. The number of ketones is 3. The number of nitrogens with zero attached hydrogens (tertiary/aromatic N) is 4. The van der Waals surface area contributed by atoms with Crippen LogP contribution in [0.1, 0.15) is 75.3 Å². The number of rotatable bonds is 16. The predicted molar refractivity (Wildman–Crippen MR) is 282 cm³/mol. The van der Waals surface area contributed by atoms with E-state index in [1.54, 1.807) is 31.3 Å². The summed E-state index contributed by atoms with van der Waals surface area (Å²) in [6.45, 7) is 3.64. The van der Waals surface area contributed by atoms with Crippen LogP contribution in [0.5, 0.6) is 23.0 Å². The Bertz CT molecular complexity index is 3290. The molecule has 77 heavy (non-hydrogen) atoms. The Morgan fingerprint density at radius 2 is 1.66 bits per heavy atom. The molecule has 2 fully saturated rings. The number of carbonyl (C=O) groups is 5. The van der Waals surface area contributed by atoms with Crippen molar-refractivity contribution in [2.45, 2.75) is 62.6 Å². The Balaban J connectivity index is 0.709. The molecule has 1 saturated heterocycles. The molecule has 6 atom stereocenters. The minimum absolute atomic E-state index is 0.0788. The van der Waals surface area contributed by atoms with Gasteiger partial charge in [0.2, 0.25) is 17.3 Å². The van der Waals surface area contributed by atoms with Gasteiger partial charge in [0.1, 0.15) is 34.1 Å². The van der Waals surface area contributed by atoms with Gasteiger partial charge in [0.05, 0.1) is 60.7 Å². The molecular formula is C53H55N7O15S2. The number of carbonyl (C=O) groups excluding carboxylic acids is 5. The number of hydrogen-bond donors (Lipinski definition) is 7. The molecule has 0 radical (unpaired) electrons. The second-order valence-corrected chi connectivity index (χ2v) is 21.9. The molecule has 2 unspecified atom stereocenters. The standard InChI is InChI=1S/C53H55N7O15S2/c1-26-20-29(22-33(54)42(26)62)73-35-24-53(69,23-32-38(35)46(66)40-39(44(32)64)43(63)30-8-4-10-34(70-2)37(30)45(40)65)36(61)25-72-51(67)56-12-18-76-77-19-13-57-52(68)74-28-7-3-6-27(21-28)48-58-41-31-9-5-11-55-50(31)75-47(41)49(59-48)60-14-16-71-17-15-60/h3-11,21,26,29,33,35,42,62,64,66,69H,12-20,22-25,54H2,1-2H3,(H,56,67)(H,57,68)/t26-,29?,33+,35?,42-,53+/m1/s1. The first-order valence-corrected chi connectivity index (χ1v) is 27.4. The van der Waals surface area contributed by atoms with Gasteiger partial charge in [-0.15, -0.1) is 0 Å². The number of aliphatic hydroxyl groups excluding tert-OH is 1. The molecule has 22 nitrogen and oxygen atoms in total. The van der Waals surface area contributed by atoms with E-state index in [0.717, 1.165) is 5.39 Å². The third-order valence-corrected chi connectivity index (χ3v) is 16.6. The van der Waals surface area contributed by atoms with Crippen LogP contribution < -0.4 is 30.7 Å². The van der Waals surface area contributed by atoms with E-state index in [2.05, 4.69) is 20.5 Å². The molecule has 24 heteroatoms. The fourth-order valence-corrected chi connectivity index (χ4v) is 12.2. The smallest absolute Gasteiger partial charge is 0.412 e. The van der Waals surface area contributed by atoms with Crippen molar-refractivity contribution in [2.24, 2.45) is 11.7 Å². The van der Waals surface area contributed by atoms with Gasteiger partial charge in [-0.3, -0.25) is 14.4 Å². The Morgan fingerprint density at radius 1 is 0.922 bits per heavy atom. The Morgan fingerprint density at radius 3 is 2.42 bits per heavy atom. The lowest BCUT2D eigenvalue weighted by Gasteiger charge is -2.42. The first-order valence-electron chi connectivity index (χ1n) is 24.9. The number of aromatic nitrogens is 3. The number of ether oxygens (including phenoxy) is 5. The first-order chi connectivity index (χ1) is 37.1. The van der Waals surface area contributed by atoms with Gasteiger partial charge in [0.25, 0.3) is 0 Å². The number of aromatic hydroxyl groups is 2. The van der Waals surface area contributed by atoms with Crippen molar-refractivity contribution in [2.75, 3.05) is 69.5 Å². The molecule has 1 aliphatic heterocycles. The fourth-order valence-electron chi connectivity index (χ4n) is 10.4. The zero-order chi connectivity index (χ0) is 54.1. The minimum Gasteiger partial charge on any atom is -0.507 e. The van der Waals surface area contributed by atoms with Crippen molar-refractivity contribution in [3.8, 4) is 34.4 Å². The molecule has 6 aromatic rings. The number of anilines is 1. The average Bonchev–Trinajstić information content (AvgIpc) is 3.83. The summed E-state index contributed by atoms with van der Waals surface area (Å²) in [5.74, 6) is -1.91. The van der Waals surface area contributed by atoms with Gasteiger partial charge in [0, 0.05) is 85.0 Å². The Labute approximate surface area is 447 Å². The summed E-state index contributed by atoms with van der Waals surface area (Å²) in [5.41, 5.74) is 4.63. The van der Waals surface area contributed by atoms with E-state index >= 15 is 0 Å². The fraction of sp³-hybridized carbons (Fsp3) is 0.396. The minimum atomic E-state index is -2.36. The molecule has 3 aliphatic carbocycles. The molecular weight excluding hydrogens is 1040 g/mol. The van der Waals surface area contributed by atoms with Crippen molar-refractivity contribution >= 4 is 79.1 Å². The van der Waals surface area contributed by atoms with Crippen molar-refractivity contribution in [1.29, 1.82) is 0 Å². The quantitative estimate of drug-likeness (QED) is 0.0373. The average molecular weight is 1090 g/mol. The lowest BCUT2D eigenvalue weighted by molar-refractivity contribution is -0.151. The molecule has 10 rings (SSSR count). The van der Waals surface area contributed by atoms with Crippen LogP contribution >= 0.6 is 21.6 Å². The number of aliphatic hydroxyl groups is 2. The third kappa shape index (κ3) is 10.7. The molecule has 2 amide bonds. The van der Waals surface area contributed by atoms with Crippen molar-refractivity contribution in [3.63, 3.8) is 0 Å². The number of nitrogens with two attached hydrogens (primary N) is 1. The van der Waals surface area contributed by atoms with E-state index < -0.39 is 102 Å². The lowest BCUT2D eigenvalue weighted by atomic mass is 9.71. The Hall–Kier alpha value is -7.06. The summed E-state index contributed by atoms with van der Waals surface area (Å²) in [6.07, 6.45) is -3.42. The van der Waals surface area contributed by atoms with Crippen LogP contribution in [-0.2, 0) is 25.4 Å². The zero-order valence-corrected chi connectivity index (χ0v) is 43.4. The number of fused-ring (bicyclic) bond motifs is 6. The highest BCUT2D eigenvalue weighted by molar-refractivity contribution is 8.76. The highest BCUT2D eigenvalue weighted by Gasteiger charge is 2.50. The SMILES string of the molecule is COc1cccc2c1C(=O)c1c(O)c3c(c(O)c1C2=O)C[C@@](O)(C(=O)COC(=O)NCCSSCCNC(=O)Oc1cccc(-c2nc(N4CCOCC4)c4oc5ncccc5c4n2)c1)CC3OC1C[C@@H](C)[C@@H](O)[C@@H](N)C1. The van der Waals surface area contributed by atoms with Crippen LogP contribution in [0.3, 0.4) is 0 Å². The normalized spacial score (nSPS) is 22.0. The third-order valence-electron chi connectivity index (χ3n) is 14.2. The molecule has 3 aromatic heterocycles. The van der Waals surface area contributed by atoms with Gasteiger partial charge < -0.3 is 69.8 Å². The van der Waals surface area contributed by atoms with E-state index in [1.165, 1.54) is 46.9 Å². The summed E-state index contributed by atoms with van der Waals surface area (Å²) in [5, 5.41) is 52.4. The summed E-state index contributed by atoms with van der Waals surface area (Å²) >= 11 is 0. The maximum absolute atomic E-state index is 14.1. The van der Waals surface area contributed by atoms with Crippen LogP contribution in [0.25, 0.3) is 33.6 Å². The molecule has 0 bridgehead atoms. The highest BCUT2D eigenvalue weighted by Crippen LogP contribution is 2.53. The van der Waals surface area contributed by atoms with Crippen molar-refractivity contribution < 1.29 is 72.5 Å². The number of methoxy groups -OCH3 is 1. The number of phenolic OH excluding ortho intramolecular Hbond substituents is 2. The number of furan rings is 1. The van der Waals surface area contributed by atoms with Gasteiger partial charge in [-0.2, -0.15) is 0 Å². The maximum Gasteiger partial charge on any atom is 0.412 e. The van der Waals surface area contributed by atoms with Crippen LogP contribution in [0.15, 0.2) is 65.2 Å². The summed E-state index contributed by atoms with van der Waals surface area (Å²) < 4.78 is 34.3. The maximum atomic E-state index is 14.1. The number of nitrogens with one attached hydrogen (secondary N) is 2. The number of amides is 2. The topological polar surface area (TPSA) is 318 Å². The van der Waals surface area contributed by atoms with Crippen LogP contribution in [0, 0.1) is 5.92 Å². The van der Waals surface area contributed by atoms with Crippen molar-refractivity contribution in [1.82, 2.24) is 25.6 Å². The van der Waals surface area contributed by atoms with Crippen LogP contribution in [0.4, 0.5) is 15.4 Å². The molecule has 1 saturated carbocycles. The number of benzene rings is 3. The molecule has 0 spiro atoms. The van der Waals surface area contributed by atoms with E-state index in [0.29, 0.717) is 78.2 Å². The van der Waals surface area contributed by atoms with Crippen molar-refractivity contribution in [3.05, 3.63) is 94.2 Å². The largest absolute Gasteiger partial charge is 0.507 e. The second-order valence-electron chi connectivity index (χ2n) is 19.2. The number of alkyl carbamates (subject to hydrolysis) is 1. The monoisotopic (exact) mass is 1090 g/mol. The van der Waals surface area contributed by atoms with Gasteiger partial charge in [-0.1, -0.05) is 52.8 Å². The Kier molecular flexibility index (Phi) is 15.6. The van der Waals surface area contributed by atoms with E-state index in [-0.39, 0.29) is 59.2 Å². The van der Waals surface area contributed by atoms with Gasteiger partial charge in [0.15, 0.2) is 29.6 Å². The van der Waals surface area contributed by atoms with Crippen LogP contribution in [-0.4, -0.2) is 153 Å². The van der Waals surface area contributed by atoms with E-state index in [4.69, 9.17) is 43.8 Å². The van der Waals surface area contributed by atoms with E-state index in [9.17, 15) is 44.4 Å². The highest BCUT2D eigenvalue weighted by atomic mass is 33.1.